The van der Waals surface area contributed by atoms with Crippen molar-refractivity contribution in [2.24, 2.45) is 0 Å². The molecule has 68 valence electrons. The van der Waals surface area contributed by atoms with Gasteiger partial charge in [0.2, 0.25) is 0 Å². The van der Waals surface area contributed by atoms with Crippen LogP contribution in [0.15, 0.2) is 17.4 Å². The Hall–Kier alpha value is -0.880. The largest absolute Gasteiger partial charge is 0.249 e. The van der Waals surface area contributed by atoms with E-state index < -0.39 is 0 Å². The summed E-state index contributed by atoms with van der Waals surface area (Å²) in [6.45, 7) is 2.06. The molecule has 0 aliphatic rings. The van der Waals surface area contributed by atoms with Gasteiger partial charge in [-0.2, -0.15) is 10.3 Å². The third-order valence-corrected chi connectivity index (χ3v) is 3.41. The smallest absolute Gasteiger partial charge is 0.139 e. The molecule has 0 bridgehead atoms. The fraction of sp³-hybridized carbons (Fsp3) is 0.286. The van der Waals surface area contributed by atoms with Crippen LogP contribution in [0.1, 0.15) is 9.88 Å². The van der Waals surface area contributed by atoms with Crippen LogP contribution in [-0.2, 0) is 5.75 Å². The highest BCUT2D eigenvalue weighted by molar-refractivity contribution is 7.98. The second-order valence-corrected chi connectivity index (χ2v) is 4.78. The second-order valence-electron chi connectivity index (χ2n) is 2.46. The van der Waals surface area contributed by atoms with Crippen LogP contribution in [0.5, 0.6) is 0 Å². The van der Waals surface area contributed by atoms with Crippen molar-refractivity contribution in [3.05, 3.63) is 22.3 Å². The Morgan fingerprint density at radius 1 is 1.54 bits per heavy atom. The average Bonchev–Trinajstić information content (AvgIpc) is 2.71. The summed E-state index contributed by atoms with van der Waals surface area (Å²) in [5.74, 6) is 0.866. The van der Waals surface area contributed by atoms with Crippen LogP contribution in [0, 0.1) is 6.92 Å². The van der Waals surface area contributed by atoms with Crippen molar-refractivity contribution in [3.63, 3.8) is 0 Å². The molecule has 0 amide bonds. The van der Waals surface area contributed by atoms with Gasteiger partial charge in [0.15, 0.2) is 0 Å². The lowest BCUT2D eigenvalue weighted by molar-refractivity contribution is 0.911. The van der Waals surface area contributed by atoms with E-state index in [0.29, 0.717) is 0 Å². The molecule has 0 unspecified atom stereocenters. The van der Waals surface area contributed by atoms with Crippen LogP contribution in [0.4, 0.5) is 0 Å². The molecule has 0 saturated heterocycles. The summed E-state index contributed by atoms with van der Waals surface area (Å²) in [5.41, 5.74) is 0. The standard InChI is InChI=1S/C7H8N4S2/c1-5-2-8-7(13-5)4-12-6-3-9-11-10-6/h2-3H,4H2,1H3,(H,9,10,11). The quantitative estimate of drug-likeness (QED) is 0.789. The molecule has 2 rings (SSSR count). The van der Waals surface area contributed by atoms with Crippen LogP contribution in [-0.4, -0.2) is 20.4 Å². The Morgan fingerprint density at radius 2 is 2.46 bits per heavy atom. The zero-order chi connectivity index (χ0) is 9.10. The zero-order valence-electron chi connectivity index (χ0n) is 7.02. The van der Waals surface area contributed by atoms with E-state index in [1.54, 1.807) is 29.3 Å². The molecule has 0 aromatic carbocycles. The number of aromatic nitrogens is 4. The molecule has 1 N–H and O–H groups in total. The summed E-state index contributed by atoms with van der Waals surface area (Å²) in [6, 6.07) is 0. The summed E-state index contributed by atoms with van der Waals surface area (Å²) in [7, 11) is 0. The molecule has 2 aromatic rings. The topological polar surface area (TPSA) is 54.5 Å². The van der Waals surface area contributed by atoms with Crippen molar-refractivity contribution in [1.82, 2.24) is 20.4 Å². The van der Waals surface area contributed by atoms with Crippen LogP contribution in [0.25, 0.3) is 0 Å². The summed E-state index contributed by atoms with van der Waals surface area (Å²) >= 11 is 3.36. The van der Waals surface area contributed by atoms with Gasteiger partial charge in [-0.15, -0.1) is 16.4 Å². The number of rotatable bonds is 3. The van der Waals surface area contributed by atoms with E-state index in [-0.39, 0.29) is 0 Å². The second kappa shape index (κ2) is 3.89. The van der Waals surface area contributed by atoms with Gasteiger partial charge in [0.1, 0.15) is 10.0 Å². The molecule has 0 fully saturated rings. The predicted molar refractivity (Wildman–Crippen MR) is 52.8 cm³/mol. The molecule has 4 nitrogen and oxygen atoms in total. The van der Waals surface area contributed by atoms with Gasteiger partial charge in [-0.05, 0) is 6.92 Å². The number of nitrogens with one attached hydrogen (secondary N) is 1. The molecule has 2 heterocycles. The molecule has 6 heteroatoms. The lowest BCUT2D eigenvalue weighted by Crippen LogP contribution is -1.77. The van der Waals surface area contributed by atoms with Crippen LogP contribution in [0.2, 0.25) is 0 Å². The minimum Gasteiger partial charge on any atom is -0.249 e. The summed E-state index contributed by atoms with van der Waals surface area (Å²) in [6.07, 6.45) is 3.61. The Bertz CT molecular complexity index is 368. The SMILES string of the molecule is Cc1cnc(CSc2cn[nH]n2)s1. The minimum absolute atomic E-state index is 0.866. The van der Waals surface area contributed by atoms with E-state index in [0.717, 1.165) is 15.8 Å². The van der Waals surface area contributed by atoms with E-state index in [1.165, 1.54) is 4.88 Å². The summed E-state index contributed by atoms with van der Waals surface area (Å²) in [5, 5.41) is 12.3. The van der Waals surface area contributed by atoms with Crippen LogP contribution >= 0.6 is 23.1 Å². The lowest BCUT2D eigenvalue weighted by Gasteiger charge is -1.90. The van der Waals surface area contributed by atoms with Gasteiger partial charge in [-0.25, -0.2) is 4.98 Å². The van der Waals surface area contributed by atoms with Gasteiger partial charge in [0.25, 0.3) is 0 Å². The van der Waals surface area contributed by atoms with Gasteiger partial charge in [-0.3, -0.25) is 0 Å². The van der Waals surface area contributed by atoms with Crippen molar-refractivity contribution in [1.29, 1.82) is 0 Å². The Labute approximate surface area is 83.8 Å². The van der Waals surface area contributed by atoms with Crippen LogP contribution < -0.4 is 0 Å². The monoisotopic (exact) mass is 212 g/mol. The van der Waals surface area contributed by atoms with Gasteiger partial charge < -0.3 is 0 Å². The number of thiazole rings is 1. The van der Waals surface area contributed by atoms with Gasteiger partial charge >= 0.3 is 0 Å². The highest BCUT2D eigenvalue weighted by Gasteiger charge is 2.01. The van der Waals surface area contributed by atoms with Crippen molar-refractivity contribution in [2.45, 2.75) is 17.7 Å². The zero-order valence-corrected chi connectivity index (χ0v) is 8.65. The fourth-order valence-electron chi connectivity index (χ4n) is 0.864. The van der Waals surface area contributed by atoms with E-state index in [9.17, 15) is 0 Å². The average molecular weight is 212 g/mol. The molecular formula is C7H8N4S2. The molecule has 0 saturated carbocycles. The Kier molecular flexibility index (Phi) is 2.60. The molecule has 0 radical (unpaired) electrons. The molecule has 13 heavy (non-hydrogen) atoms. The number of nitrogens with zero attached hydrogens (tertiary/aromatic N) is 3. The first-order chi connectivity index (χ1) is 6.34. The maximum atomic E-state index is 4.25. The lowest BCUT2D eigenvalue weighted by atomic mass is 10.6. The highest BCUT2D eigenvalue weighted by atomic mass is 32.2. The third kappa shape index (κ3) is 2.28. The number of H-pyrrole nitrogens is 1. The maximum Gasteiger partial charge on any atom is 0.139 e. The van der Waals surface area contributed by atoms with Gasteiger partial charge in [-0.1, -0.05) is 11.8 Å². The molecular weight excluding hydrogens is 204 g/mol. The van der Waals surface area contributed by atoms with Gasteiger partial charge in [0.05, 0.1) is 11.9 Å². The first kappa shape index (κ1) is 8.71. The first-order valence-corrected chi connectivity index (χ1v) is 5.54. The first-order valence-electron chi connectivity index (χ1n) is 3.74. The van der Waals surface area contributed by atoms with Gasteiger partial charge in [0, 0.05) is 11.1 Å². The molecule has 0 aliphatic heterocycles. The predicted octanol–water partition coefficient (Wildman–Crippen LogP) is 1.86. The maximum absolute atomic E-state index is 4.25. The number of hydrogen-bond acceptors (Lipinski definition) is 5. The number of thioether (sulfide) groups is 1. The Morgan fingerprint density at radius 3 is 3.08 bits per heavy atom. The minimum atomic E-state index is 0.866. The Balaban J connectivity index is 1.93. The number of hydrogen-bond donors (Lipinski definition) is 1. The van der Waals surface area contributed by atoms with Crippen molar-refractivity contribution in [3.8, 4) is 0 Å². The molecule has 0 spiro atoms. The van der Waals surface area contributed by atoms with E-state index in [1.807, 2.05) is 6.20 Å². The van der Waals surface area contributed by atoms with Crippen molar-refractivity contribution >= 4 is 23.1 Å². The van der Waals surface area contributed by atoms with E-state index in [4.69, 9.17) is 0 Å². The fourth-order valence-corrected chi connectivity index (χ4v) is 2.44. The summed E-state index contributed by atoms with van der Waals surface area (Å²) in [4.78, 5) is 5.50. The van der Waals surface area contributed by atoms with Crippen molar-refractivity contribution < 1.29 is 0 Å². The van der Waals surface area contributed by atoms with Crippen molar-refractivity contribution in [2.75, 3.05) is 0 Å². The van der Waals surface area contributed by atoms with Crippen LogP contribution in [0.3, 0.4) is 0 Å². The van der Waals surface area contributed by atoms with E-state index >= 15 is 0 Å². The summed E-state index contributed by atoms with van der Waals surface area (Å²) < 4.78 is 0. The molecule has 2 aromatic heterocycles. The molecule has 0 aliphatic carbocycles. The number of aromatic amines is 1. The highest BCUT2D eigenvalue weighted by Crippen LogP contribution is 2.22. The number of aryl methyl sites for hydroxylation is 1. The van der Waals surface area contributed by atoms with E-state index in [2.05, 4.69) is 27.3 Å². The normalized spacial score (nSPS) is 10.5. The molecule has 0 atom stereocenters. The third-order valence-electron chi connectivity index (χ3n) is 1.41.